The molecular formula is C14H12FN3. The van der Waals surface area contributed by atoms with Gasteiger partial charge in [0.05, 0.1) is 5.69 Å². The van der Waals surface area contributed by atoms with E-state index >= 15 is 0 Å². The average Bonchev–Trinajstić information content (AvgIpc) is 2.83. The molecule has 2 heterocycles. The van der Waals surface area contributed by atoms with Crippen LogP contribution in [0.15, 0.2) is 48.7 Å². The Kier molecular flexibility index (Phi) is 2.57. The van der Waals surface area contributed by atoms with Crippen LogP contribution in [0.25, 0.3) is 16.9 Å². The van der Waals surface area contributed by atoms with Crippen molar-refractivity contribution in [3.05, 3.63) is 60.2 Å². The Hall–Kier alpha value is -2.20. The molecule has 0 unspecified atom stereocenters. The first-order chi connectivity index (χ1) is 8.78. The lowest BCUT2D eigenvalue weighted by Gasteiger charge is -2.00. The molecule has 0 aliphatic carbocycles. The fraction of sp³-hybridized carbons (Fsp3) is 0.0714. The molecule has 0 spiro atoms. The van der Waals surface area contributed by atoms with Crippen molar-refractivity contribution in [2.24, 2.45) is 5.73 Å². The van der Waals surface area contributed by atoms with Gasteiger partial charge in [0.15, 0.2) is 0 Å². The normalized spacial score (nSPS) is 11.0. The van der Waals surface area contributed by atoms with E-state index in [4.69, 9.17) is 5.73 Å². The first-order valence-corrected chi connectivity index (χ1v) is 5.71. The number of imidazole rings is 1. The zero-order valence-corrected chi connectivity index (χ0v) is 9.68. The Morgan fingerprint density at radius 2 is 1.89 bits per heavy atom. The minimum absolute atomic E-state index is 0.245. The summed E-state index contributed by atoms with van der Waals surface area (Å²) >= 11 is 0. The molecule has 4 heteroatoms. The predicted octanol–water partition coefficient (Wildman–Crippen LogP) is 2.60. The van der Waals surface area contributed by atoms with Crippen LogP contribution in [0.2, 0.25) is 0 Å². The third-order valence-corrected chi connectivity index (χ3v) is 2.93. The summed E-state index contributed by atoms with van der Waals surface area (Å²) in [7, 11) is 0. The van der Waals surface area contributed by atoms with Gasteiger partial charge in [0.2, 0.25) is 0 Å². The maximum absolute atomic E-state index is 12.9. The summed E-state index contributed by atoms with van der Waals surface area (Å²) in [5, 5.41) is 0. The molecule has 0 saturated carbocycles. The molecular weight excluding hydrogens is 229 g/mol. The summed E-state index contributed by atoms with van der Waals surface area (Å²) in [4.78, 5) is 4.51. The van der Waals surface area contributed by atoms with Gasteiger partial charge in [-0.05, 0) is 36.4 Å². The first kappa shape index (κ1) is 10.9. The summed E-state index contributed by atoms with van der Waals surface area (Å²) in [5.41, 5.74) is 9.23. The van der Waals surface area contributed by atoms with Crippen molar-refractivity contribution >= 4 is 5.65 Å². The monoisotopic (exact) mass is 241 g/mol. The molecule has 2 aromatic heterocycles. The zero-order valence-electron chi connectivity index (χ0n) is 9.68. The number of pyridine rings is 1. The molecule has 0 atom stereocenters. The fourth-order valence-electron chi connectivity index (χ4n) is 1.99. The van der Waals surface area contributed by atoms with Gasteiger partial charge in [-0.3, -0.25) is 0 Å². The van der Waals surface area contributed by atoms with Crippen molar-refractivity contribution in [2.45, 2.75) is 6.54 Å². The number of nitrogens with zero attached hydrogens (tertiary/aromatic N) is 2. The van der Waals surface area contributed by atoms with Crippen LogP contribution in [-0.2, 0) is 6.54 Å². The van der Waals surface area contributed by atoms with Crippen LogP contribution in [0.1, 0.15) is 5.69 Å². The van der Waals surface area contributed by atoms with Gasteiger partial charge in [-0.25, -0.2) is 9.37 Å². The topological polar surface area (TPSA) is 43.3 Å². The summed E-state index contributed by atoms with van der Waals surface area (Å²) < 4.78 is 14.8. The summed E-state index contributed by atoms with van der Waals surface area (Å²) in [6.07, 6.45) is 1.92. The predicted molar refractivity (Wildman–Crippen MR) is 68.5 cm³/mol. The molecule has 0 radical (unpaired) electrons. The van der Waals surface area contributed by atoms with Crippen LogP contribution in [-0.4, -0.2) is 9.38 Å². The van der Waals surface area contributed by atoms with Crippen LogP contribution >= 0.6 is 0 Å². The largest absolute Gasteiger partial charge is 0.325 e. The van der Waals surface area contributed by atoms with E-state index < -0.39 is 0 Å². The number of aromatic nitrogens is 2. The molecule has 2 N–H and O–H groups in total. The lowest BCUT2D eigenvalue weighted by atomic mass is 10.2. The van der Waals surface area contributed by atoms with Crippen LogP contribution in [0.3, 0.4) is 0 Å². The lowest BCUT2D eigenvalue weighted by Crippen LogP contribution is -2.02. The van der Waals surface area contributed by atoms with Crippen molar-refractivity contribution in [3.63, 3.8) is 0 Å². The number of hydrogen-bond donors (Lipinski definition) is 1. The molecule has 0 aliphatic rings. The summed E-state index contributed by atoms with van der Waals surface area (Å²) in [6.45, 7) is 0.455. The van der Waals surface area contributed by atoms with E-state index in [2.05, 4.69) is 4.98 Å². The molecule has 0 amide bonds. The molecule has 3 rings (SSSR count). The molecule has 3 nitrogen and oxygen atoms in total. The van der Waals surface area contributed by atoms with Crippen molar-refractivity contribution in [2.75, 3.05) is 0 Å². The number of nitrogens with two attached hydrogens (primary N) is 1. The third-order valence-electron chi connectivity index (χ3n) is 2.93. The van der Waals surface area contributed by atoms with Gasteiger partial charge >= 0.3 is 0 Å². The van der Waals surface area contributed by atoms with Crippen molar-refractivity contribution in [1.82, 2.24) is 9.38 Å². The van der Waals surface area contributed by atoms with Gasteiger partial charge < -0.3 is 10.1 Å². The van der Waals surface area contributed by atoms with E-state index in [1.165, 1.54) is 12.1 Å². The number of halogens is 1. The highest BCUT2D eigenvalue weighted by Gasteiger charge is 2.06. The van der Waals surface area contributed by atoms with Crippen LogP contribution < -0.4 is 5.73 Å². The summed E-state index contributed by atoms with van der Waals surface area (Å²) in [5.74, 6) is -0.245. The van der Waals surface area contributed by atoms with E-state index in [1.54, 1.807) is 12.1 Å². The van der Waals surface area contributed by atoms with Gasteiger partial charge in [0, 0.05) is 24.0 Å². The van der Waals surface area contributed by atoms with Crippen LogP contribution in [0, 0.1) is 5.82 Å². The molecule has 18 heavy (non-hydrogen) atoms. The van der Waals surface area contributed by atoms with Gasteiger partial charge in [0.1, 0.15) is 11.5 Å². The number of benzene rings is 1. The second-order valence-electron chi connectivity index (χ2n) is 4.08. The van der Waals surface area contributed by atoms with E-state index in [0.29, 0.717) is 6.54 Å². The van der Waals surface area contributed by atoms with Crippen molar-refractivity contribution in [1.29, 1.82) is 0 Å². The highest BCUT2D eigenvalue weighted by molar-refractivity contribution is 5.62. The molecule has 3 aromatic rings. The van der Waals surface area contributed by atoms with Gasteiger partial charge in [-0.1, -0.05) is 6.07 Å². The molecule has 90 valence electrons. The van der Waals surface area contributed by atoms with E-state index in [-0.39, 0.29) is 5.82 Å². The second-order valence-corrected chi connectivity index (χ2v) is 4.08. The number of fused-ring (bicyclic) bond motifs is 1. The molecule has 0 saturated heterocycles. The van der Waals surface area contributed by atoms with Gasteiger partial charge in [-0.15, -0.1) is 0 Å². The minimum Gasteiger partial charge on any atom is -0.325 e. The molecule has 0 bridgehead atoms. The van der Waals surface area contributed by atoms with Gasteiger partial charge in [-0.2, -0.15) is 0 Å². The summed E-state index contributed by atoms with van der Waals surface area (Å²) in [6, 6.07) is 12.1. The Morgan fingerprint density at radius 1 is 1.11 bits per heavy atom. The zero-order chi connectivity index (χ0) is 12.5. The van der Waals surface area contributed by atoms with Crippen molar-refractivity contribution < 1.29 is 4.39 Å². The Labute approximate surface area is 104 Å². The molecule has 0 aliphatic heterocycles. The maximum Gasteiger partial charge on any atom is 0.137 e. The lowest BCUT2D eigenvalue weighted by molar-refractivity contribution is 0.628. The van der Waals surface area contributed by atoms with E-state index in [9.17, 15) is 4.39 Å². The van der Waals surface area contributed by atoms with Crippen molar-refractivity contribution in [3.8, 4) is 11.3 Å². The van der Waals surface area contributed by atoms with Crippen LogP contribution in [0.5, 0.6) is 0 Å². The average molecular weight is 241 g/mol. The quantitative estimate of drug-likeness (QED) is 0.749. The van der Waals surface area contributed by atoms with E-state index in [1.807, 2.05) is 28.8 Å². The Bertz CT molecular complexity index is 686. The number of hydrogen-bond acceptors (Lipinski definition) is 2. The minimum atomic E-state index is -0.245. The Balaban J connectivity index is 2.16. The molecule has 1 aromatic carbocycles. The highest BCUT2D eigenvalue weighted by Crippen LogP contribution is 2.20. The maximum atomic E-state index is 12.9. The third kappa shape index (κ3) is 1.76. The van der Waals surface area contributed by atoms with Crippen LogP contribution in [0.4, 0.5) is 4.39 Å². The SMILES string of the molecule is NCc1cccc2nc(-c3ccc(F)cc3)cn12. The van der Waals surface area contributed by atoms with Gasteiger partial charge in [0.25, 0.3) is 0 Å². The smallest absolute Gasteiger partial charge is 0.137 e. The highest BCUT2D eigenvalue weighted by atomic mass is 19.1. The second kappa shape index (κ2) is 4.23. The molecule has 0 fully saturated rings. The standard InChI is InChI=1S/C14H12FN3/c15-11-6-4-10(5-7-11)13-9-18-12(8-16)2-1-3-14(18)17-13/h1-7,9H,8,16H2. The number of rotatable bonds is 2. The van der Waals surface area contributed by atoms with E-state index in [0.717, 1.165) is 22.6 Å². The fourth-order valence-corrected chi connectivity index (χ4v) is 1.99. The Morgan fingerprint density at radius 3 is 2.61 bits per heavy atom. The first-order valence-electron chi connectivity index (χ1n) is 5.71.